The van der Waals surface area contributed by atoms with Crippen LogP contribution in [0.5, 0.6) is 17.2 Å². The number of H-pyrrole nitrogens is 1. The average molecular weight is 358 g/mol. The first kappa shape index (κ1) is 17.8. The molecule has 0 aliphatic carbocycles. The Labute approximate surface area is 151 Å². The SMILES string of the molecule is COc1cc(-c2[nH]ncc2CN(C)Cc2ccon2)cc(OC)c1OC. The van der Waals surface area contributed by atoms with Gasteiger partial charge in [0.25, 0.3) is 0 Å². The highest BCUT2D eigenvalue weighted by atomic mass is 16.5. The Morgan fingerprint density at radius 1 is 1.08 bits per heavy atom. The van der Waals surface area contributed by atoms with Crippen LogP contribution in [-0.4, -0.2) is 48.6 Å². The average Bonchev–Trinajstić information content (AvgIpc) is 3.32. The first-order chi connectivity index (χ1) is 12.7. The molecule has 8 nitrogen and oxygen atoms in total. The highest BCUT2D eigenvalue weighted by molar-refractivity contribution is 5.70. The van der Waals surface area contributed by atoms with Gasteiger partial charge in [0, 0.05) is 30.3 Å². The summed E-state index contributed by atoms with van der Waals surface area (Å²) in [5.41, 5.74) is 3.73. The molecule has 0 saturated carbocycles. The van der Waals surface area contributed by atoms with Crippen LogP contribution in [0.1, 0.15) is 11.3 Å². The van der Waals surface area contributed by atoms with Crippen LogP contribution in [0.15, 0.2) is 35.2 Å². The van der Waals surface area contributed by atoms with E-state index in [1.165, 1.54) is 0 Å². The fraction of sp³-hybridized carbons (Fsp3) is 0.333. The van der Waals surface area contributed by atoms with Gasteiger partial charge in [-0.25, -0.2) is 0 Å². The van der Waals surface area contributed by atoms with Gasteiger partial charge in [0.1, 0.15) is 6.26 Å². The molecule has 1 aromatic carbocycles. The van der Waals surface area contributed by atoms with Gasteiger partial charge in [0.05, 0.1) is 38.9 Å². The van der Waals surface area contributed by atoms with E-state index in [0.29, 0.717) is 30.3 Å². The molecule has 0 amide bonds. The van der Waals surface area contributed by atoms with E-state index in [-0.39, 0.29) is 0 Å². The van der Waals surface area contributed by atoms with Gasteiger partial charge in [-0.1, -0.05) is 5.16 Å². The van der Waals surface area contributed by atoms with Gasteiger partial charge in [0.2, 0.25) is 5.75 Å². The first-order valence-electron chi connectivity index (χ1n) is 8.06. The molecular weight excluding hydrogens is 336 g/mol. The molecule has 0 spiro atoms. The maximum absolute atomic E-state index is 5.44. The Kier molecular flexibility index (Phi) is 5.43. The standard InChI is InChI=1S/C18H22N4O4/c1-22(11-14-5-6-26-21-14)10-13-9-19-20-17(13)12-7-15(23-2)18(25-4)16(8-12)24-3/h5-9H,10-11H2,1-4H3,(H,19,20). The second-order valence-electron chi connectivity index (χ2n) is 5.85. The van der Waals surface area contributed by atoms with Crippen molar-refractivity contribution in [2.45, 2.75) is 13.1 Å². The van der Waals surface area contributed by atoms with Crippen molar-refractivity contribution >= 4 is 0 Å². The number of rotatable bonds is 8. The Bertz CT molecular complexity index is 820. The van der Waals surface area contributed by atoms with Gasteiger partial charge in [-0.05, 0) is 19.2 Å². The smallest absolute Gasteiger partial charge is 0.203 e. The van der Waals surface area contributed by atoms with Crippen LogP contribution < -0.4 is 14.2 Å². The van der Waals surface area contributed by atoms with E-state index >= 15 is 0 Å². The molecule has 1 N–H and O–H groups in total. The summed E-state index contributed by atoms with van der Waals surface area (Å²) in [5.74, 6) is 1.75. The summed E-state index contributed by atoms with van der Waals surface area (Å²) in [6.45, 7) is 1.37. The third kappa shape index (κ3) is 3.65. The summed E-state index contributed by atoms with van der Waals surface area (Å²) < 4.78 is 21.1. The first-order valence-corrected chi connectivity index (χ1v) is 8.06. The van der Waals surface area contributed by atoms with Crippen LogP contribution in [0.2, 0.25) is 0 Å². The van der Waals surface area contributed by atoms with Gasteiger partial charge in [-0.2, -0.15) is 5.10 Å². The molecule has 0 bridgehead atoms. The highest BCUT2D eigenvalue weighted by Gasteiger charge is 2.17. The van der Waals surface area contributed by atoms with Crippen molar-refractivity contribution in [2.75, 3.05) is 28.4 Å². The third-order valence-corrected chi connectivity index (χ3v) is 4.03. The maximum atomic E-state index is 5.44. The topological polar surface area (TPSA) is 85.6 Å². The Balaban J connectivity index is 1.88. The van der Waals surface area contributed by atoms with Crippen LogP contribution in [-0.2, 0) is 13.1 Å². The second-order valence-corrected chi connectivity index (χ2v) is 5.85. The number of nitrogens with one attached hydrogen (secondary N) is 1. The van der Waals surface area contributed by atoms with E-state index in [4.69, 9.17) is 18.7 Å². The summed E-state index contributed by atoms with van der Waals surface area (Å²) in [6, 6.07) is 5.65. The summed E-state index contributed by atoms with van der Waals surface area (Å²) in [7, 11) is 6.79. The zero-order chi connectivity index (χ0) is 18.5. The number of hydrogen-bond donors (Lipinski definition) is 1. The van der Waals surface area contributed by atoms with Gasteiger partial charge in [0.15, 0.2) is 11.5 Å². The fourth-order valence-electron chi connectivity index (χ4n) is 2.85. The molecule has 0 saturated heterocycles. The van der Waals surface area contributed by atoms with Crippen molar-refractivity contribution in [1.82, 2.24) is 20.3 Å². The molecule has 3 aromatic rings. The lowest BCUT2D eigenvalue weighted by Gasteiger charge is -2.16. The minimum atomic E-state index is 0.558. The Morgan fingerprint density at radius 2 is 1.81 bits per heavy atom. The van der Waals surface area contributed by atoms with Crippen LogP contribution in [0.4, 0.5) is 0 Å². The van der Waals surface area contributed by atoms with E-state index in [0.717, 1.165) is 22.5 Å². The van der Waals surface area contributed by atoms with Gasteiger partial charge in [-0.3, -0.25) is 10.00 Å². The lowest BCUT2D eigenvalue weighted by Crippen LogP contribution is -2.17. The zero-order valence-corrected chi connectivity index (χ0v) is 15.3. The maximum Gasteiger partial charge on any atom is 0.203 e. The number of hydrogen-bond acceptors (Lipinski definition) is 7. The van der Waals surface area contributed by atoms with Crippen molar-refractivity contribution in [3.05, 3.63) is 41.9 Å². The molecule has 0 fully saturated rings. The molecule has 0 aliphatic rings. The Morgan fingerprint density at radius 3 is 2.38 bits per heavy atom. The summed E-state index contributed by atoms with van der Waals surface area (Å²) in [5, 5.41) is 11.2. The van der Waals surface area contributed by atoms with Crippen LogP contribution >= 0.6 is 0 Å². The van der Waals surface area contributed by atoms with Crippen molar-refractivity contribution in [1.29, 1.82) is 0 Å². The van der Waals surface area contributed by atoms with Crippen LogP contribution in [0.25, 0.3) is 11.3 Å². The van der Waals surface area contributed by atoms with Crippen molar-refractivity contribution in [2.24, 2.45) is 0 Å². The highest BCUT2D eigenvalue weighted by Crippen LogP contribution is 2.41. The molecule has 0 radical (unpaired) electrons. The van der Waals surface area contributed by atoms with Gasteiger partial charge in [-0.15, -0.1) is 0 Å². The minimum absolute atomic E-state index is 0.558. The van der Waals surface area contributed by atoms with Crippen molar-refractivity contribution in [3.63, 3.8) is 0 Å². The molecule has 2 heterocycles. The van der Waals surface area contributed by atoms with Crippen LogP contribution in [0.3, 0.4) is 0 Å². The molecule has 0 aliphatic heterocycles. The van der Waals surface area contributed by atoms with E-state index < -0.39 is 0 Å². The number of ether oxygens (including phenoxy) is 3. The fourth-order valence-corrected chi connectivity index (χ4v) is 2.85. The number of benzene rings is 1. The summed E-state index contributed by atoms with van der Waals surface area (Å²) >= 11 is 0. The van der Waals surface area contributed by atoms with Gasteiger partial charge < -0.3 is 18.7 Å². The van der Waals surface area contributed by atoms with Crippen LogP contribution in [0, 0.1) is 0 Å². The molecule has 26 heavy (non-hydrogen) atoms. The molecule has 0 atom stereocenters. The zero-order valence-electron chi connectivity index (χ0n) is 15.3. The number of aromatic amines is 1. The third-order valence-electron chi connectivity index (χ3n) is 4.03. The largest absolute Gasteiger partial charge is 0.493 e. The van der Waals surface area contributed by atoms with Crippen molar-refractivity contribution < 1.29 is 18.7 Å². The Hall–Kier alpha value is -3.00. The van der Waals surface area contributed by atoms with Crippen molar-refractivity contribution in [3.8, 4) is 28.5 Å². The van der Waals surface area contributed by atoms with Gasteiger partial charge >= 0.3 is 0 Å². The normalized spacial score (nSPS) is 11.0. The lowest BCUT2D eigenvalue weighted by atomic mass is 10.1. The summed E-state index contributed by atoms with van der Waals surface area (Å²) in [6.07, 6.45) is 3.39. The molecule has 138 valence electrons. The lowest BCUT2D eigenvalue weighted by molar-refractivity contribution is 0.304. The molecule has 0 unspecified atom stereocenters. The van der Waals surface area contributed by atoms with E-state index in [1.807, 2.05) is 31.4 Å². The second kappa shape index (κ2) is 7.92. The van der Waals surface area contributed by atoms with E-state index in [2.05, 4.69) is 20.3 Å². The quantitative estimate of drug-likeness (QED) is 0.662. The monoisotopic (exact) mass is 358 g/mol. The number of methoxy groups -OCH3 is 3. The minimum Gasteiger partial charge on any atom is -0.493 e. The summed E-state index contributed by atoms with van der Waals surface area (Å²) in [4.78, 5) is 2.13. The molecule has 8 heteroatoms. The molecule has 3 rings (SSSR count). The van der Waals surface area contributed by atoms with E-state index in [1.54, 1.807) is 27.6 Å². The number of aromatic nitrogens is 3. The predicted octanol–water partition coefficient (Wildman–Crippen LogP) is 2.72. The predicted molar refractivity (Wildman–Crippen MR) is 95.4 cm³/mol. The van der Waals surface area contributed by atoms with E-state index in [9.17, 15) is 0 Å². The molecule has 2 aromatic heterocycles. The molecular formula is C18H22N4O4. The number of nitrogens with zero attached hydrogens (tertiary/aromatic N) is 3.